The van der Waals surface area contributed by atoms with Crippen LogP contribution in [0.15, 0.2) is 36.4 Å². The van der Waals surface area contributed by atoms with E-state index in [1.54, 1.807) is 24.3 Å². The average molecular weight is 327 g/mol. The monoisotopic (exact) mass is 327 g/mol. The standard InChI is InChI=1S/C16H13N3O5/c20-13-7-8-17-14(13)15(21)18(16(17)22)11-5-6-12(19(23)24)10-4-2-1-3-9(10)11/h1-6,13-14,20H,7-8H2/t13-,14-/m1/s1. The molecule has 2 aromatic rings. The van der Waals surface area contributed by atoms with Crippen molar-refractivity contribution in [3.8, 4) is 0 Å². The Bertz CT molecular complexity index is 896. The number of rotatable bonds is 2. The third kappa shape index (κ3) is 1.83. The van der Waals surface area contributed by atoms with E-state index in [0.29, 0.717) is 29.4 Å². The highest BCUT2D eigenvalue weighted by Crippen LogP contribution is 2.38. The first-order valence-electron chi connectivity index (χ1n) is 7.49. The Kier molecular flexibility index (Phi) is 3.04. The van der Waals surface area contributed by atoms with Gasteiger partial charge in [0.15, 0.2) is 0 Å². The van der Waals surface area contributed by atoms with Crippen molar-refractivity contribution in [3.05, 3.63) is 46.5 Å². The van der Waals surface area contributed by atoms with Crippen molar-refractivity contribution >= 4 is 34.1 Å². The molecule has 122 valence electrons. The fourth-order valence-corrected chi connectivity index (χ4v) is 3.49. The van der Waals surface area contributed by atoms with Gasteiger partial charge in [-0.3, -0.25) is 14.9 Å². The van der Waals surface area contributed by atoms with Crippen molar-refractivity contribution in [2.45, 2.75) is 18.6 Å². The normalized spacial score (nSPS) is 23.2. The molecule has 0 saturated carbocycles. The van der Waals surface area contributed by atoms with Gasteiger partial charge in [0.05, 0.1) is 22.1 Å². The quantitative estimate of drug-likeness (QED) is 0.513. The summed E-state index contributed by atoms with van der Waals surface area (Å²) in [7, 11) is 0. The molecule has 0 bridgehead atoms. The van der Waals surface area contributed by atoms with Crippen molar-refractivity contribution in [2.75, 3.05) is 11.4 Å². The van der Waals surface area contributed by atoms with E-state index in [1.807, 2.05) is 0 Å². The number of nitrogens with zero attached hydrogens (tertiary/aromatic N) is 3. The summed E-state index contributed by atoms with van der Waals surface area (Å²) in [5, 5.41) is 22.0. The minimum atomic E-state index is -0.879. The number of hydrogen-bond acceptors (Lipinski definition) is 5. The zero-order valence-electron chi connectivity index (χ0n) is 12.5. The van der Waals surface area contributed by atoms with Crippen molar-refractivity contribution in [1.29, 1.82) is 0 Å². The Morgan fingerprint density at radius 1 is 1.12 bits per heavy atom. The van der Waals surface area contributed by atoms with Crippen LogP contribution in [0.1, 0.15) is 6.42 Å². The molecule has 4 rings (SSSR count). The number of aliphatic hydroxyl groups excluding tert-OH is 1. The molecule has 1 N–H and O–H groups in total. The topological polar surface area (TPSA) is 104 Å². The number of urea groups is 1. The number of nitro benzene ring substituents is 1. The molecular formula is C16H13N3O5. The molecule has 8 nitrogen and oxygen atoms in total. The number of imide groups is 1. The molecule has 0 spiro atoms. The lowest BCUT2D eigenvalue weighted by Crippen LogP contribution is -2.36. The van der Waals surface area contributed by atoms with E-state index in [2.05, 4.69) is 0 Å². The van der Waals surface area contributed by atoms with Crippen molar-refractivity contribution in [2.24, 2.45) is 0 Å². The van der Waals surface area contributed by atoms with Crippen LogP contribution in [0.3, 0.4) is 0 Å². The van der Waals surface area contributed by atoms with Crippen LogP contribution in [0.4, 0.5) is 16.2 Å². The van der Waals surface area contributed by atoms with E-state index in [4.69, 9.17) is 0 Å². The van der Waals surface area contributed by atoms with Crippen molar-refractivity contribution in [1.82, 2.24) is 4.90 Å². The molecule has 24 heavy (non-hydrogen) atoms. The van der Waals surface area contributed by atoms with Gasteiger partial charge in [-0.1, -0.05) is 18.2 Å². The SMILES string of the molecule is O=C1[C@H]2[C@H](O)CCN2C(=O)N1c1ccc([N+](=O)[O-])c2ccccc12. The third-order valence-electron chi connectivity index (χ3n) is 4.59. The van der Waals surface area contributed by atoms with Crippen LogP contribution in [0.5, 0.6) is 0 Å². The molecule has 8 heteroatoms. The van der Waals surface area contributed by atoms with E-state index < -0.39 is 29.0 Å². The molecule has 2 aliphatic heterocycles. The average Bonchev–Trinajstić information content (AvgIpc) is 3.06. The molecule has 0 aliphatic carbocycles. The number of amides is 3. The Balaban J connectivity index is 1.89. The molecule has 2 aromatic carbocycles. The van der Waals surface area contributed by atoms with E-state index in [9.17, 15) is 24.8 Å². The molecule has 3 amide bonds. The van der Waals surface area contributed by atoms with Gasteiger partial charge in [-0.2, -0.15) is 0 Å². The maximum absolute atomic E-state index is 12.6. The number of aliphatic hydroxyl groups is 1. The summed E-state index contributed by atoms with van der Waals surface area (Å²) >= 11 is 0. The highest BCUT2D eigenvalue weighted by atomic mass is 16.6. The molecular weight excluding hydrogens is 314 g/mol. The predicted octanol–water partition coefficient (Wildman–Crippen LogP) is 1.65. The third-order valence-corrected chi connectivity index (χ3v) is 4.59. The molecule has 2 fully saturated rings. The zero-order valence-corrected chi connectivity index (χ0v) is 12.5. The maximum Gasteiger partial charge on any atom is 0.332 e. The van der Waals surface area contributed by atoms with Crippen LogP contribution in [-0.4, -0.2) is 45.6 Å². The first kappa shape index (κ1) is 14.6. The van der Waals surface area contributed by atoms with E-state index in [1.165, 1.54) is 17.0 Å². The molecule has 0 unspecified atom stereocenters. The van der Waals surface area contributed by atoms with Gasteiger partial charge in [-0.05, 0) is 18.6 Å². The largest absolute Gasteiger partial charge is 0.390 e. The number of carbonyl (C=O) groups excluding carboxylic acids is 2. The zero-order chi connectivity index (χ0) is 17.0. The number of anilines is 1. The molecule has 2 saturated heterocycles. The molecule has 2 heterocycles. The number of non-ortho nitro benzene ring substituents is 1. The number of benzene rings is 2. The summed E-state index contributed by atoms with van der Waals surface area (Å²) in [6.07, 6.45) is -0.507. The van der Waals surface area contributed by atoms with Crippen LogP contribution in [0, 0.1) is 10.1 Å². The Hall–Kier alpha value is -3.00. The predicted molar refractivity (Wildman–Crippen MR) is 84.6 cm³/mol. The second-order valence-corrected chi connectivity index (χ2v) is 5.86. The van der Waals surface area contributed by atoms with Crippen molar-refractivity contribution in [3.63, 3.8) is 0 Å². The summed E-state index contributed by atoms with van der Waals surface area (Å²) in [5.74, 6) is -0.496. The van der Waals surface area contributed by atoms with Gasteiger partial charge in [0.25, 0.3) is 11.6 Å². The van der Waals surface area contributed by atoms with Crippen LogP contribution in [0.2, 0.25) is 0 Å². The first-order valence-corrected chi connectivity index (χ1v) is 7.49. The number of fused-ring (bicyclic) bond motifs is 2. The molecule has 2 aliphatic rings. The van der Waals surface area contributed by atoms with Crippen molar-refractivity contribution < 1.29 is 19.6 Å². The fraction of sp³-hybridized carbons (Fsp3) is 0.250. The summed E-state index contributed by atoms with van der Waals surface area (Å²) in [5.41, 5.74) is 0.210. The highest BCUT2D eigenvalue weighted by Gasteiger charge is 2.52. The van der Waals surface area contributed by atoms with Gasteiger partial charge in [0.1, 0.15) is 6.04 Å². The maximum atomic E-state index is 12.6. The lowest BCUT2D eigenvalue weighted by Gasteiger charge is -2.17. The van der Waals surface area contributed by atoms with E-state index in [-0.39, 0.29) is 5.69 Å². The van der Waals surface area contributed by atoms with Crippen LogP contribution in [0.25, 0.3) is 10.8 Å². The van der Waals surface area contributed by atoms with Crippen LogP contribution >= 0.6 is 0 Å². The second-order valence-electron chi connectivity index (χ2n) is 5.86. The van der Waals surface area contributed by atoms with Gasteiger partial charge in [-0.25, -0.2) is 9.69 Å². The minimum Gasteiger partial charge on any atom is -0.390 e. The van der Waals surface area contributed by atoms with Gasteiger partial charge in [0, 0.05) is 18.0 Å². The minimum absolute atomic E-state index is 0.0889. The lowest BCUT2D eigenvalue weighted by atomic mass is 10.1. The highest BCUT2D eigenvalue weighted by molar-refractivity contribution is 6.25. The Labute approximate surface area is 136 Å². The number of carbonyl (C=O) groups is 2. The number of hydrogen-bond donors (Lipinski definition) is 1. The van der Waals surface area contributed by atoms with E-state index >= 15 is 0 Å². The lowest BCUT2D eigenvalue weighted by molar-refractivity contribution is -0.383. The van der Waals surface area contributed by atoms with Gasteiger partial charge < -0.3 is 10.0 Å². The van der Waals surface area contributed by atoms with E-state index in [0.717, 1.165) is 4.90 Å². The Morgan fingerprint density at radius 2 is 1.83 bits per heavy atom. The smallest absolute Gasteiger partial charge is 0.332 e. The summed E-state index contributed by atoms with van der Waals surface area (Å²) < 4.78 is 0. The number of nitro groups is 1. The fourth-order valence-electron chi connectivity index (χ4n) is 3.49. The molecule has 0 aromatic heterocycles. The second kappa shape index (κ2) is 5.00. The molecule has 0 radical (unpaired) electrons. The summed E-state index contributed by atoms with van der Waals surface area (Å²) in [4.78, 5) is 38.3. The summed E-state index contributed by atoms with van der Waals surface area (Å²) in [6, 6.07) is 7.90. The molecule has 2 atom stereocenters. The first-order chi connectivity index (χ1) is 11.5. The van der Waals surface area contributed by atoms with Gasteiger partial charge in [0.2, 0.25) is 0 Å². The van der Waals surface area contributed by atoms with Crippen LogP contribution in [-0.2, 0) is 4.79 Å². The summed E-state index contributed by atoms with van der Waals surface area (Å²) in [6.45, 7) is 0.317. The van der Waals surface area contributed by atoms with Gasteiger partial charge in [-0.15, -0.1) is 0 Å². The van der Waals surface area contributed by atoms with Crippen LogP contribution < -0.4 is 4.90 Å². The van der Waals surface area contributed by atoms with Gasteiger partial charge >= 0.3 is 6.03 Å². The Morgan fingerprint density at radius 3 is 2.50 bits per heavy atom.